The first kappa shape index (κ1) is 13.0. The number of hydrogen-bond acceptors (Lipinski definition) is 3. The van der Waals surface area contributed by atoms with Gasteiger partial charge in [-0.15, -0.1) is 0 Å². The summed E-state index contributed by atoms with van der Waals surface area (Å²) in [5.41, 5.74) is 0. The maximum atomic E-state index is 11.6. The summed E-state index contributed by atoms with van der Waals surface area (Å²) >= 11 is 0. The summed E-state index contributed by atoms with van der Waals surface area (Å²) < 4.78 is 0. The number of amides is 1. The smallest absolute Gasteiger partial charge is 0.223 e. The molecule has 1 aliphatic rings. The molecular formula is C12H21N3O. The van der Waals surface area contributed by atoms with Crippen LogP contribution in [0.15, 0.2) is 0 Å². The lowest BCUT2D eigenvalue weighted by molar-refractivity contribution is -0.130. The first-order chi connectivity index (χ1) is 7.84. The van der Waals surface area contributed by atoms with Crippen molar-refractivity contribution in [3.8, 4) is 6.07 Å². The molecule has 1 amide bonds. The lowest BCUT2D eigenvalue weighted by Gasteiger charge is -2.15. The molecule has 90 valence electrons. The van der Waals surface area contributed by atoms with Crippen LogP contribution in [-0.2, 0) is 4.79 Å². The highest BCUT2D eigenvalue weighted by molar-refractivity contribution is 5.76. The Morgan fingerprint density at radius 2 is 2.00 bits per heavy atom. The van der Waals surface area contributed by atoms with Gasteiger partial charge in [-0.3, -0.25) is 4.79 Å². The van der Waals surface area contributed by atoms with Gasteiger partial charge in [0.1, 0.15) is 0 Å². The zero-order chi connectivity index (χ0) is 11.6. The molecule has 0 spiro atoms. The number of nitrogens with zero attached hydrogens (tertiary/aromatic N) is 2. The third kappa shape index (κ3) is 5.13. The molecule has 0 aromatic carbocycles. The summed E-state index contributed by atoms with van der Waals surface area (Å²) in [5.74, 6) is 0.280. The molecule has 1 heterocycles. The molecule has 0 aromatic rings. The molecule has 0 aliphatic carbocycles. The van der Waals surface area contributed by atoms with Gasteiger partial charge in [-0.2, -0.15) is 5.26 Å². The normalized spacial score (nSPS) is 15.1. The van der Waals surface area contributed by atoms with Crippen molar-refractivity contribution in [3.63, 3.8) is 0 Å². The first-order valence-electron chi connectivity index (χ1n) is 6.20. The van der Waals surface area contributed by atoms with Crippen LogP contribution in [0.3, 0.4) is 0 Å². The fourth-order valence-corrected chi connectivity index (χ4v) is 1.90. The Labute approximate surface area is 97.6 Å². The number of rotatable bonds is 7. The second kappa shape index (κ2) is 8.12. The third-order valence-electron chi connectivity index (χ3n) is 2.87. The van der Waals surface area contributed by atoms with Crippen LogP contribution >= 0.6 is 0 Å². The molecule has 0 radical (unpaired) electrons. The number of nitrogens with one attached hydrogen (secondary N) is 1. The van der Waals surface area contributed by atoms with E-state index in [0.29, 0.717) is 12.8 Å². The third-order valence-corrected chi connectivity index (χ3v) is 2.87. The Morgan fingerprint density at radius 3 is 2.69 bits per heavy atom. The fourth-order valence-electron chi connectivity index (χ4n) is 1.90. The second-order valence-electron chi connectivity index (χ2n) is 4.20. The van der Waals surface area contributed by atoms with Gasteiger partial charge >= 0.3 is 0 Å². The minimum Gasteiger partial charge on any atom is -0.343 e. The lowest BCUT2D eigenvalue weighted by Crippen LogP contribution is -2.30. The van der Waals surface area contributed by atoms with E-state index in [1.165, 1.54) is 0 Å². The minimum atomic E-state index is 0.280. The van der Waals surface area contributed by atoms with Gasteiger partial charge in [-0.1, -0.05) is 0 Å². The van der Waals surface area contributed by atoms with E-state index in [-0.39, 0.29) is 5.91 Å². The average molecular weight is 223 g/mol. The van der Waals surface area contributed by atoms with E-state index in [1.807, 2.05) is 4.90 Å². The number of carbonyl (C=O) groups is 1. The summed E-state index contributed by atoms with van der Waals surface area (Å²) in [6, 6.07) is 2.13. The first-order valence-corrected chi connectivity index (χ1v) is 6.20. The zero-order valence-corrected chi connectivity index (χ0v) is 9.87. The van der Waals surface area contributed by atoms with Crippen LogP contribution in [0.25, 0.3) is 0 Å². The molecule has 0 aromatic heterocycles. The topological polar surface area (TPSA) is 56.1 Å². The number of nitriles is 1. The highest BCUT2D eigenvalue weighted by atomic mass is 16.2. The lowest BCUT2D eigenvalue weighted by atomic mass is 10.2. The Balaban J connectivity index is 1.90. The zero-order valence-electron chi connectivity index (χ0n) is 9.87. The number of carbonyl (C=O) groups excluding carboxylic acids is 1. The Morgan fingerprint density at radius 1 is 1.25 bits per heavy atom. The number of likely N-dealkylation sites (tertiary alicyclic amines) is 1. The average Bonchev–Trinajstić information content (AvgIpc) is 2.81. The van der Waals surface area contributed by atoms with Crippen molar-refractivity contribution in [1.29, 1.82) is 5.26 Å². The van der Waals surface area contributed by atoms with Crippen LogP contribution in [0, 0.1) is 11.3 Å². The van der Waals surface area contributed by atoms with Gasteiger partial charge in [-0.05, 0) is 32.2 Å². The molecule has 0 unspecified atom stereocenters. The quantitative estimate of drug-likeness (QED) is 0.661. The van der Waals surface area contributed by atoms with Crippen molar-refractivity contribution >= 4 is 5.91 Å². The largest absolute Gasteiger partial charge is 0.343 e. The molecule has 0 saturated carbocycles. The van der Waals surface area contributed by atoms with E-state index in [1.54, 1.807) is 0 Å². The van der Waals surface area contributed by atoms with Crippen molar-refractivity contribution in [1.82, 2.24) is 10.2 Å². The SMILES string of the molecule is N#CCCCCNCCC(=O)N1CCCC1. The standard InChI is InChI=1S/C12H21N3O/c13-7-2-1-3-8-14-9-6-12(16)15-10-4-5-11-15/h14H,1-6,8-11H2. The summed E-state index contributed by atoms with van der Waals surface area (Å²) in [6.45, 7) is 3.57. The highest BCUT2D eigenvalue weighted by Crippen LogP contribution is 2.08. The van der Waals surface area contributed by atoms with E-state index in [2.05, 4.69) is 11.4 Å². The summed E-state index contributed by atoms with van der Waals surface area (Å²) in [5, 5.41) is 11.6. The van der Waals surface area contributed by atoms with Gasteiger partial charge < -0.3 is 10.2 Å². The van der Waals surface area contributed by atoms with Gasteiger partial charge in [0, 0.05) is 32.5 Å². The molecule has 1 saturated heterocycles. The second-order valence-corrected chi connectivity index (χ2v) is 4.20. The van der Waals surface area contributed by atoms with Crippen LogP contribution in [0.1, 0.15) is 38.5 Å². The van der Waals surface area contributed by atoms with Gasteiger partial charge in [0.25, 0.3) is 0 Å². The van der Waals surface area contributed by atoms with Gasteiger partial charge in [-0.25, -0.2) is 0 Å². The molecule has 0 bridgehead atoms. The molecule has 4 nitrogen and oxygen atoms in total. The summed E-state index contributed by atoms with van der Waals surface area (Å²) in [6.07, 6.45) is 5.53. The molecule has 1 N–H and O–H groups in total. The highest BCUT2D eigenvalue weighted by Gasteiger charge is 2.16. The van der Waals surface area contributed by atoms with Crippen LogP contribution in [0.2, 0.25) is 0 Å². The van der Waals surface area contributed by atoms with Crippen LogP contribution in [0.4, 0.5) is 0 Å². The van der Waals surface area contributed by atoms with E-state index in [0.717, 1.165) is 51.9 Å². The Hall–Kier alpha value is -1.08. The molecule has 1 aliphatic heterocycles. The molecule has 4 heteroatoms. The van der Waals surface area contributed by atoms with Crippen LogP contribution in [0.5, 0.6) is 0 Å². The van der Waals surface area contributed by atoms with Crippen molar-refractivity contribution < 1.29 is 4.79 Å². The van der Waals surface area contributed by atoms with Crippen molar-refractivity contribution in [2.75, 3.05) is 26.2 Å². The summed E-state index contributed by atoms with van der Waals surface area (Å²) in [4.78, 5) is 13.6. The minimum absolute atomic E-state index is 0.280. The van der Waals surface area contributed by atoms with Crippen molar-refractivity contribution in [2.45, 2.75) is 38.5 Å². The van der Waals surface area contributed by atoms with Crippen molar-refractivity contribution in [3.05, 3.63) is 0 Å². The predicted molar refractivity (Wildman–Crippen MR) is 62.8 cm³/mol. The maximum absolute atomic E-state index is 11.6. The summed E-state index contributed by atoms with van der Waals surface area (Å²) in [7, 11) is 0. The number of unbranched alkanes of at least 4 members (excludes halogenated alkanes) is 2. The monoisotopic (exact) mass is 223 g/mol. The molecule has 1 fully saturated rings. The van der Waals surface area contributed by atoms with Crippen LogP contribution in [-0.4, -0.2) is 37.0 Å². The van der Waals surface area contributed by atoms with Gasteiger partial charge in [0.05, 0.1) is 6.07 Å². The van der Waals surface area contributed by atoms with Gasteiger partial charge in [0.15, 0.2) is 0 Å². The Kier molecular flexibility index (Phi) is 6.59. The van der Waals surface area contributed by atoms with Crippen molar-refractivity contribution in [2.24, 2.45) is 0 Å². The van der Waals surface area contributed by atoms with E-state index >= 15 is 0 Å². The predicted octanol–water partition coefficient (Wildman–Crippen LogP) is 1.28. The Bertz CT molecular complexity index is 241. The molecule has 16 heavy (non-hydrogen) atoms. The fraction of sp³-hybridized carbons (Fsp3) is 0.833. The van der Waals surface area contributed by atoms with E-state index in [9.17, 15) is 4.79 Å². The molecule has 0 atom stereocenters. The molecule has 1 rings (SSSR count). The molecular weight excluding hydrogens is 202 g/mol. The number of hydrogen-bond donors (Lipinski definition) is 1. The maximum Gasteiger partial charge on any atom is 0.223 e. The van der Waals surface area contributed by atoms with E-state index < -0.39 is 0 Å². The van der Waals surface area contributed by atoms with Crippen LogP contribution < -0.4 is 5.32 Å². The van der Waals surface area contributed by atoms with Gasteiger partial charge in [0.2, 0.25) is 5.91 Å². The van der Waals surface area contributed by atoms with E-state index in [4.69, 9.17) is 5.26 Å².